The summed E-state index contributed by atoms with van der Waals surface area (Å²) in [5.41, 5.74) is 7.25. The van der Waals surface area contributed by atoms with E-state index in [1.807, 2.05) is 18.2 Å². The SMILES string of the molecule is N/C(=N/C(=O)OCc1ccccc1)c1ccc(CNC(=O)Cc2c(F)ccc(NS(=O)(=O)Cc3ccccc3)c2F)cc1. The van der Waals surface area contributed by atoms with Crippen molar-refractivity contribution in [2.24, 2.45) is 10.7 Å². The first kappa shape index (κ1) is 30.8. The number of anilines is 1. The third-order valence-electron chi connectivity index (χ3n) is 6.14. The first-order valence-electron chi connectivity index (χ1n) is 13.0. The minimum atomic E-state index is -4.00. The monoisotopic (exact) mass is 606 g/mol. The number of hydrogen-bond donors (Lipinski definition) is 3. The number of amides is 2. The van der Waals surface area contributed by atoms with Gasteiger partial charge in [0, 0.05) is 17.7 Å². The van der Waals surface area contributed by atoms with E-state index in [-0.39, 0.29) is 19.0 Å². The Morgan fingerprint density at radius 3 is 2.09 bits per heavy atom. The molecule has 222 valence electrons. The van der Waals surface area contributed by atoms with Crippen LogP contribution in [0.2, 0.25) is 0 Å². The highest BCUT2D eigenvalue weighted by Crippen LogP contribution is 2.23. The molecule has 43 heavy (non-hydrogen) atoms. The molecule has 2 amide bonds. The minimum Gasteiger partial charge on any atom is -0.443 e. The van der Waals surface area contributed by atoms with Crippen molar-refractivity contribution < 1.29 is 31.5 Å². The minimum absolute atomic E-state index is 0.0297. The van der Waals surface area contributed by atoms with Crippen LogP contribution in [0.1, 0.15) is 27.8 Å². The molecular weight excluding hydrogens is 578 g/mol. The molecule has 12 heteroatoms. The molecule has 0 aliphatic heterocycles. The fourth-order valence-corrected chi connectivity index (χ4v) is 5.16. The lowest BCUT2D eigenvalue weighted by molar-refractivity contribution is -0.120. The van der Waals surface area contributed by atoms with E-state index in [1.54, 1.807) is 66.7 Å². The zero-order chi connectivity index (χ0) is 30.8. The van der Waals surface area contributed by atoms with Crippen molar-refractivity contribution in [1.82, 2.24) is 5.32 Å². The number of nitrogens with zero attached hydrogens (tertiary/aromatic N) is 1. The normalized spacial score (nSPS) is 11.5. The number of hydrogen-bond acceptors (Lipinski definition) is 5. The standard InChI is InChI=1S/C31H28F2N4O5S/c32-26-15-16-27(37-43(40,41)20-23-9-5-2-6-10-23)29(33)25(26)17-28(38)35-18-21-11-13-24(14-12-21)30(34)36-31(39)42-19-22-7-3-1-4-8-22/h1-16,37H,17-20H2,(H,35,38)(H2,34,36,39). The summed E-state index contributed by atoms with van der Waals surface area (Å²) in [6.45, 7) is 0.0823. The number of ether oxygens (including phenoxy) is 1. The molecule has 0 spiro atoms. The molecule has 0 unspecified atom stereocenters. The van der Waals surface area contributed by atoms with Gasteiger partial charge in [0.05, 0.1) is 17.9 Å². The third kappa shape index (κ3) is 9.20. The van der Waals surface area contributed by atoms with Crippen LogP contribution in [0.3, 0.4) is 0 Å². The van der Waals surface area contributed by atoms with E-state index in [4.69, 9.17) is 10.5 Å². The smallest absolute Gasteiger partial charge is 0.435 e. The number of rotatable bonds is 11. The summed E-state index contributed by atoms with van der Waals surface area (Å²) in [6.07, 6.45) is -1.50. The number of halogens is 2. The number of nitrogens with one attached hydrogen (secondary N) is 2. The number of sulfonamides is 1. The van der Waals surface area contributed by atoms with Gasteiger partial charge >= 0.3 is 6.09 Å². The maximum Gasteiger partial charge on any atom is 0.435 e. The Morgan fingerprint density at radius 2 is 1.44 bits per heavy atom. The summed E-state index contributed by atoms with van der Waals surface area (Å²) >= 11 is 0. The van der Waals surface area contributed by atoms with E-state index in [0.717, 1.165) is 17.7 Å². The Balaban J connectivity index is 1.31. The van der Waals surface area contributed by atoms with Crippen molar-refractivity contribution in [2.75, 3.05) is 4.72 Å². The van der Waals surface area contributed by atoms with Gasteiger partial charge in [-0.15, -0.1) is 0 Å². The molecule has 0 aromatic heterocycles. The number of benzene rings is 4. The lowest BCUT2D eigenvalue weighted by Gasteiger charge is -2.13. The molecule has 0 atom stereocenters. The number of nitrogens with two attached hydrogens (primary N) is 1. The van der Waals surface area contributed by atoms with Gasteiger partial charge < -0.3 is 15.8 Å². The van der Waals surface area contributed by atoms with Crippen molar-refractivity contribution in [2.45, 2.75) is 25.3 Å². The molecule has 0 fully saturated rings. The van der Waals surface area contributed by atoms with E-state index in [1.165, 1.54) is 0 Å². The highest BCUT2D eigenvalue weighted by atomic mass is 32.2. The van der Waals surface area contributed by atoms with Crippen molar-refractivity contribution in [3.8, 4) is 0 Å². The van der Waals surface area contributed by atoms with Gasteiger partial charge in [0.2, 0.25) is 15.9 Å². The molecule has 0 radical (unpaired) electrons. The Morgan fingerprint density at radius 1 is 0.814 bits per heavy atom. The van der Waals surface area contributed by atoms with Gasteiger partial charge in [-0.2, -0.15) is 4.99 Å². The van der Waals surface area contributed by atoms with Gasteiger partial charge in [-0.25, -0.2) is 22.0 Å². The number of carbonyl (C=O) groups is 2. The molecule has 0 aliphatic rings. The molecule has 9 nitrogen and oxygen atoms in total. The van der Waals surface area contributed by atoms with Gasteiger partial charge in [-0.05, 0) is 28.8 Å². The Labute approximate surface area is 247 Å². The molecule has 0 heterocycles. The Kier molecular flexibility index (Phi) is 10.2. The first-order chi connectivity index (χ1) is 20.6. The Bertz CT molecular complexity index is 1720. The molecule has 0 bridgehead atoms. The lowest BCUT2D eigenvalue weighted by Crippen LogP contribution is -2.26. The van der Waals surface area contributed by atoms with Crippen LogP contribution >= 0.6 is 0 Å². The summed E-state index contributed by atoms with van der Waals surface area (Å²) in [7, 11) is -4.00. The summed E-state index contributed by atoms with van der Waals surface area (Å²) in [5.74, 6) is -3.31. The second-order valence-electron chi connectivity index (χ2n) is 9.42. The van der Waals surface area contributed by atoms with Crippen LogP contribution in [0.4, 0.5) is 19.3 Å². The fourth-order valence-electron chi connectivity index (χ4n) is 3.97. The van der Waals surface area contributed by atoms with Gasteiger partial charge in [-0.3, -0.25) is 9.52 Å². The van der Waals surface area contributed by atoms with Crippen LogP contribution in [0.15, 0.2) is 102 Å². The second-order valence-corrected chi connectivity index (χ2v) is 11.1. The van der Waals surface area contributed by atoms with E-state index in [0.29, 0.717) is 16.7 Å². The average molecular weight is 607 g/mol. The Hall–Kier alpha value is -5.10. The molecule has 0 saturated carbocycles. The van der Waals surface area contributed by atoms with Gasteiger partial charge in [-0.1, -0.05) is 84.9 Å². The van der Waals surface area contributed by atoms with Crippen LogP contribution in [0, 0.1) is 11.6 Å². The van der Waals surface area contributed by atoms with E-state index >= 15 is 4.39 Å². The molecule has 4 N–H and O–H groups in total. The van der Waals surface area contributed by atoms with Gasteiger partial charge in [0.15, 0.2) is 5.82 Å². The van der Waals surface area contributed by atoms with Crippen LogP contribution in [-0.2, 0) is 44.9 Å². The molecule has 0 aliphatic carbocycles. The maximum absolute atomic E-state index is 15.1. The van der Waals surface area contributed by atoms with Crippen LogP contribution < -0.4 is 15.8 Å². The summed E-state index contributed by atoms with van der Waals surface area (Å²) < 4.78 is 61.7. The van der Waals surface area contributed by atoms with E-state index in [2.05, 4.69) is 15.0 Å². The lowest BCUT2D eigenvalue weighted by atomic mass is 10.1. The first-order valence-corrected chi connectivity index (χ1v) is 14.7. The largest absolute Gasteiger partial charge is 0.443 e. The summed E-state index contributed by atoms with van der Waals surface area (Å²) in [4.78, 5) is 28.2. The molecular formula is C31H28F2N4O5S. The number of amidine groups is 1. The van der Waals surface area contributed by atoms with Crippen molar-refractivity contribution >= 4 is 33.5 Å². The predicted molar refractivity (Wildman–Crippen MR) is 158 cm³/mol. The average Bonchev–Trinajstić information content (AvgIpc) is 2.99. The van der Waals surface area contributed by atoms with E-state index < -0.39 is 57.1 Å². The fraction of sp³-hybridized carbons (Fsp3) is 0.129. The van der Waals surface area contributed by atoms with Crippen molar-refractivity contribution in [3.63, 3.8) is 0 Å². The summed E-state index contributed by atoms with van der Waals surface area (Å²) in [5, 5.41) is 2.57. The second kappa shape index (κ2) is 14.2. The van der Waals surface area contributed by atoms with Crippen LogP contribution in [-0.4, -0.2) is 26.3 Å². The number of carbonyl (C=O) groups excluding carboxylic acids is 2. The summed E-state index contributed by atoms with van der Waals surface area (Å²) in [6, 6.07) is 25.7. The van der Waals surface area contributed by atoms with Gasteiger partial charge in [0.25, 0.3) is 0 Å². The highest BCUT2D eigenvalue weighted by molar-refractivity contribution is 7.91. The maximum atomic E-state index is 15.1. The molecule has 4 rings (SSSR count). The highest BCUT2D eigenvalue weighted by Gasteiger charge is 2.20. The van der Waals surface area contributed by atoms with Crippen molar-refractivity contribution in [3.05, 3.63) is 137 Å². The molecule has 4 aromatic carbocycles. The zero-order valence-electron chi connectivity index (χ0n) is 22.8. The number of aliphatic imine (C=N–C) groups is 1. The van der Waals surface area contributed by atoms with Gasteiger partial charge in [0.1, 0.15) is 18.3 Å². The van der Waals surface area contributed by atoms with E-state index in [9.17, 15) is 22.4 Å². The quantitative estimate of drug-likeness (QED) is 0.165. The van der Waals surface area contributed by atoms with Crippen LogP contribution in [0.5, 0.6) is 0 Å². The van der Waals surface area contributed by atoms with Crippen LogP contribution in [0.25, 0.3) is 0 Å². The molecule has 4 aromatic rings. The van der Waals surface area contributed by atoms with Crippen molar-refractivity contribution in [1.29, 1.82) is 0 Å². The topological polar surface area (TPSA) is 140 Å². The molecule has 0 saturated heterocycles. The third-order valence-corrected chi connectivity index (χ3v) is 7.39. The zero-order valence-corrected chi connectivity index (χ0v) is 23.6. The predicted octanol–water partition coefficient (Wildman–Crippen LogP) is 4.81.